The fourth-order valence-electron chi connectivity index (χ4n) is 3.72. The van der Waals surface area contributed by atoms with Gasteiger partial charge in [0, 0.05) is 56.9 Å². The van der Waals surface area contributed by atoms with Gasteiger partial charge in [-0.2, -0.15) is 0 Å². The van der Waals surface area contributed by atoms with Crippen molar-refractivity contribution in [2.45, 2.75) is 27.3 Å². The van der Waals surface area contributed by atoms with Crippen LogP contribution in [-0.2, 0) is 16.1 Å². The highest BCUT2D eigenvalue weighted by atomic mass is 16.2. The standard InChI is InChI=1S/C24H33N5O2/c1-24(2,3)23(31)29-12-10-28(11-13-29)21-9-8-20(16-26-21)19-7-5-6-18(14-19)17-27(4)22(30)15-25/h5-9,14,16H,10-13,15,17,25H2,1-4H3. The molecular weight excluding hydrogens is 390 g/mol. The molecule has 0 bridgehead atoms. The van der Waals surface area contributed by atoms with Gasteiger partial charge in [-0.3, -0.25) is 9.59 Å². The van der Waals surface area contributed by atoms with E-state index >= 15 is 0 Å². The first kappa shape index (κ1) is 22.7. The van der Waals surface area contributed by atoms with Crippen LogP contribution < -0.4 is 10.6 Å². The molecule has 1 saturated heterocycles. The maximum absolute atomic E-state index is 12.5. The number of hydrogen-bond donors (Lipinski definition) is 1. The van der Waals surface area contributed by atoms with E-state index in [1.807, 2.05) is 56.1 Å². The normalized spacial score (nSPS) is 14.5. The summed E-state index contributed by atoms with van der Waals surface area (Å²) in [5.74, 6) is 1.05. The van der Waals surface area contributed by atoms with Gasteiger partial charge in [0.2, 0.25) is 11.8 Å². The van der Waals surface area contributed by atoms with Crippen LogP contribution in [0.1, 0.15) is 26.3 Å². The summed E-state index contributed by atoms with van der Waals surface area (Å²) >= 11 is 0. The van der Waals surface area contributed by atoms with Gasteiger partial charge >= 0.3 is 0 Å². The number of hydrogen-bond acceptors (Lipinski definition) is 5. The summed E-state index contributed by atoms with van der Waals surface area (Å²) in [6.07, 6.45) is 1.88. The number of piperazine rings is 1. The SMILES string of the molecule is CN(Cc1cccc(-c2ccc(N3CCN(C(=O)C(C)(C)C)CC3)nc2)c1)C(=O)CN. The second kappa shape index (κ2) is 9.47. The Bertz CT molecular complexity index is 912. The first-order chi connectivity index (χ1) is 14.7. The van der Waals surface area contributed by atoms with Crippen LogP contribution in [-0.4, -0.2) is 66.4 Å². The van der Waals surface area contributed by atoms with Gasteiger partial charge in [-0.15, -0.1) is 0 Å². The summed E-state index contributed by atoms with van der Waals surface area (Å²) in [4.78, 5) is 34.7. The topological polar surface area (TPSA) is 82.8 Å². The molecule has 1 aromatic carbocycles. The van der Waals surface area contributed by atoms with Crippen molar-refractivity contribution >= 4 is 17.6 Å². The fourth-order valence-corrected chi connectivity index (χ4v) is 3.72. The van der Waals surface area contributed by atoms with Gasteiger partial charge < -0.3 is 20.4 Å². The molecule has 1 aromatic heterocycles. The molecule has 1 aliphatic heterocycles. The molecule has 0 atom stereocenters. The molecule has 2 aromatic rings. The number of carbonyl (C=O) groups excluding carboxylic acids is 2. The molecule has 1 aliphatic rings. The smallest absolute Gasteiger partial charge is 0.236 e. The Balaban J connectivity index is 1.64. The molecule has 0 aliphatic carbocycles. The van der Waals surface area contributed by atoms with Crippen molar-refractivity contribution in [1.29, 1.82) is 0 Å². The first-order valence-corrected chi connectivity index (χ1v) is 10.7. The van der Waals surface area contributed by atoms with Crippen molar-refractivity contribution in [3.63, 3.8) is 0 Å². The van der Waals surface area contributed by atoms with Gasteiger partial charge in [-0.1, -0.05) is 39.0 Å². The molecule has 2 heterocycles. The molecule has 7 heteroatoms. The van der Waals surface area contributed by atoms with E-state index in [0.29, 0.717) is 6.54 Å². The Morgan fingerprint density at radius 2 is 1.77 bits per heavy atom. The van der Waals surface area contributed by atoms with E-state index in [-0.39, 0.29) is 23.8 Å². The quantitative estimate of drug-likeness (QED) is 0.798. The Hall–Kier alpha value is -2.93. The van der Waals surface area contributed by atoms with Crippen LogP contribution in [0.4, 0.5) is 5.82 Å². The summed E-state index contributed by atoms with van der Waals surface area (Å²) in [5, 5.41) is 0. The van der Waals surface area contributed by atoms with E-state index < -0.39 is 0 Å². The molecular formula is C24H33N5O2. The van der Waals surface area contributed by atoms with Crippen molar-refractivity contribution in [1.82, 2.24) is 14.8 Å². The monoisotopic (exact) mass is 423 g/mol. The Morgan fingerprint density at radius 3 is 2.35 bits per heavy atom. The molecule has 0 radical (unpaired) electrons. The lowest BCUT2D eigenvalue weighted by Gasteiger charge is -2.38. The minimum atomic E-state index is -0.344. The number of aromatic nitrogens is 1. The second-order valence-electron chi connectivity index (χ2n) is 9.09. The largest absolute Gasteiger partial charge is 0.353 e. The third-order valence-electron chi connectivity index (χ3n) is 5.56. The highest BCUT2D eigenvalue weighted by Crippen LogP contribution is 2.24. The number of benzene rings is 1. The zero-order valence-corrected chi connectivity index (χ0v) is 19.0. The number of nitrogens with zero attached hydrogens (tertiary/aromatic N) is 4. The van der Waals surface area contributed by atoms with E-state index in [0.717, 1.165) is 48.7 Å². The zero-order chi connectivity index (χ0) is 22.6. The van der Waals surface area contributed by atoms with Gasteiger partial charge in [-0.25, -0.2) is 4.98 Å². The molecule has 0 spiro atoms. The summed E-state index contributed by atoms with van der Waals surface area (Å²) in [6.45, 7) is 9.43. The number of carbonyl (C=O) groups is 2. The van der Waals surface area contributed by atoms with Crippen LogP contribution in [0.25, 0.3) is 11.1 Å². The highest BCUT2D eigenvalue weighted by Gasteiger charge is 2.29. The predicted molar refractivity (Wildman–Crippen MR) is 123 cm³/mol. The summed E-state index contributed by atoms with van der Waals surface area (Å²) in [5.41, 5.74) is 8.23. The maximum atomic E-state index is 12.5. The average molecular weight is 424 g/mol. The number of amides is 2. The van der Waals surface area contributed by atoms with E-state index in [4.69, 9.17) is 5.73 Å². The molecule has 2 amide bonds. The van der Waals surface area contributed by atoms with Gasteiger partial charge in [0.05, 0.1) is 6.54 Å². The van der Waals surface area contributed by atoms with Crippen LogP contribution in [0.3, 0.4) is 0 Å². The van der Waals surface area contributed by atoms with Crippen LogP contribution in [0.15, 0.2) is 42.6 Å². The molecule has 3 rings (SSSR count). The van der Waals surface area contributed by atoms with Crippen LogP contribution in [0.2, 0.25) is 0 Å². The lowest BCUT2D eigenvalue weighted by molar-refractivity contribution is -0.139. The number of nitrogens with two attached hydrogens (primary N) is 1. The van der Waals surface area contributed by atoms with E-state index in [2.05, 4.69) is 22.0 Å². The van der Waals surface area contributed by atoms with Crippen molar-refractivity contribution in [3.8, 4) is 11.1 Å². The first-order valence-electron chi connectivity index (χ1n) is 10.7. The highest BCUT2D eigenvalue weighted by molar-refractivity contribution is 5.81. The van der Waals surface area contributed by atoms with Crippen LogP contribution >= 0.6 is 0 Å². The van der Waals surface area contributed by atoms with Gasteiger partial charge in [0.25, 0.3) is 0 Å². The average Bonchev–Trinajstić information content (AvgIpc) is 2.77. The summed E-state index contributed by atoms with van der Waals surface area (Å²) in [6, 6.07) is 12.2. The van der Waals surface area contributed by atoms with Crippen molar-refractivity contribution in [2.75, 3.05) is 44.7 Å². The number of rotatable bonds is 5. The van der Waals surface area contributed by atoms with Crippen molar-refractivity contribution in [2.24, 2.45) is 11.1 Å². The van der Waals surface area contributed by atoms with Crippen molar-refractivity contribution < 1.29 is 9.59 Å². The zero-order valence-electron chi connectivity index (χ0n) is 19.0. The number of pyridine rings is 1. The maximum Gasteiger partial charge on any atom is 0.236 e. The number of anilines is 1. The lowest BCUT2D eigenvalue weighted by atomic mass is 9.94. The molecule has 31 heavy (non-hydrogen) atoms. The van der Waals surface area contributed by atoms with Gasteiger partial charge in [0.1, 0.15) is 5.82 Å². The second-order valence-corrected chi connectivity index (χ2v) is 9.09. The van der Waals surface area contributed by atoms with Crippen LogP contribution in [0, 0.1) is 5.41 Å². The summed E-state index contributed by atoms with van der Waals surface area (Å²) < 4.78 is 0. The lowest BCUT2D eigenvalue weighted by Crippen LogP contribution is -2.51. The van der Waals surface area contributed by atoms with Crippen LogP contribution in [0.5, 0.6) is 0 Å². The predicted octanol–water partition coefficient (Wildman–Crippen LogP) is 2.36. The molecule has 0 unspecified atom stereocenters. The minimum absolute atomic E-state index is 0.0141. The third-order valence-corrected chi connectivity index (χ3v) is 5.56. The molecule has 7 nitrogen and oxygen atoms in total. The van der Waals surface area contributed by atoms with Gasteiger partial charge in [-0.05, 0) is 29.3 Å². The number of likely N-dealkylation sites (N-methyl/N-ethyl adjacent to an activating group) is 1. The molecule has 166 valence electrons. The van der Waals surface area contributed by atoms with Crippen molar-refractivity contribution in [3.05, 3.63) is 48.2 Å². The molecule has 0 saturated carbocycles. The summed E-state index contributed by atoms with van der Waals surface area (Å²) in [7, 11) is 1.76. The van der Waals surface area contributed by atoms with E-state index in [9.17, 15) is 9.59 Å². The third kappa shape index (κ3) is 5.61. The molecule has 2 N–H and O–H groups in total. The van der Waals surface area contributed by atoms with E-state index in [1.165, 1.54) is 0 Å². The Kier molecular flexibility index (Phi) is 6.95. The Labute approximate surface area is 184 Å². The van der Waals surface area contributed by atoms with Gasteiger partial charge in [0.15, 0.2) is 0 Å². The van der Waals surface area contributed by atoms with E-state index in [1.54, 1.807) is 11.9 Å². The minimum Gasteiger partial charge on any atom is -0.353 e. The Morgan fingerprint density at radius 1 is 1.06 bits per heavy atom. The fraction of sp³-hybridized carbons (Fsp3) is 0.458. The molecule has 1 fully saturated rings.